The van der Waals surface area contributed by atoms with Crippen LogP contribution < -0.4 is 10.6 Å². The van der Waals surface area contributed by atoms with Crippen molar-refractivity contribution >= 4 is 17.5 Å². The summed E-state index contributed by atoms with van der Waals surface area (Å²) >= 11 is 0. The van der Waals surface area contributed by atoms with Gasteiger partial charge in [0.1, 0.15) is 5.56 Å². The molecule has 1 rings (SSSR count). The van der Waals surface area contributed by atoms with Gasteiger partial charge in [-0.3, -0.25) is 19.7 Å². The van der Waals surface area contributed by atoms with E-state index in [1.807, 2.05) is 6.92 Å². The molecule has 2 amide bonds. The van der Waals surface area contributed by atoms with E-state index >= 15 is 0 Å². The molecule has 102 valence electrons. The second kappa shape index (κ2) is 7.10. The number of rotatable bonds is 6. The molecule has 1 aromatic rings. The van der Waals surface area contributed by atoms with E-state index in [2.05, 4.69) is 10.6 Å². The standard InChI is InChI=1S/C12H15N3O4/c1-2-7-13-11(16)8-14-12(17)9-5-3-4-6-10(9)15(18)19/h3-6H,2,7-8H2,1H3,(H,13,16)(H,14,17). The number of para-hydroxylation sites is 1. The van der Waals surface area contributed by atoms with Crippen LogP contribution in [-0.2, 0) is 4.79 Å². The molecule has 0 bridgehead atoms. The monoisotopic (exact) mass is 265 g/mol. The zero-order chi connectivity index (χ0) is 14.3. The summed E-state index contributed by atoms with van der Waals surface area (Å²) in [5.74, 6) is -0.965. The van der Waals surface area contributed by atoms with Gasteiger partial charge in [-0.05, 0) is 12.5 Å². The van der Waals surface area contributed by atoms with E-state index in [0.29, 0.717) is 6.54 Å². The molecular formula is C12H15N3O4. The highest BCUT2D eigenvalue weighted by Crippen LogP contribution is 2.16. The van der Waals surface area contributed by atoms with Crippen molar-refractivity contribution in [2.24, 2.45) is 0 Å². The third-order valence-electron chi connectivity index (χ3n) is 2.33. The lowest BCUT2D eigenvalue weighted by Crippen LogP contribution is -2.37. The number of benzene rings is 1. The van der Waals surface area contributed by atoms with Crippen molar-refractivity contribution in [1.82, 2.24) is 10.6 Å². The first kappa shape index (κ1) is 14.6. The van der Waals surface area contributed by atoms with Gasteiger partial charge in [-0.15, -0.1) is 0 Å². The van der Waals surface area contributed by atoms with Gasteiger partial charge < -0.3 is 10.6 Å². The lowest BCUT2D eigenvalue weighted by molar-refractivity contribution is -0.385. The number of amides is 2. The number of nitro benzene ring substituents is 1. The van der Waals surface area contributed by atoms with E-state index in [4.69, 9.17) is 0 Å². The van der Waals surface area contributed by atoms with E-state index in [9.17, 15) is 19.7 Å². The first-order valence-corrected chi connectivity index (χ1v) is 5.84. The molecule has 7 nitrogen and oxygen atoms in total. The molecular weight excluding hydrogens is 250 g/mol. The van der Waals surface area contributed by atoms with Gasteiger partial charge >= 0.3 is 0 Å². The number of carbonyl (C=O) groups excluding carboxylic acids is 2. The smallest absolute Gasteiger partial charge is 0.282 e. The van der Waals surface area contributed by atoms with Crippen LogP contribution in [0.3, 0.4) is 0 Å². The molecule has 0 unspecified atom stereocenters. The van der Waals surface area contributed by atoms with E-state index in [1.165, 1.54) is 24.3 Å². The van der Waals surface area contributed by atoms with Crippen molar-refractivity contribution in [3.8, 4) is 0 Å². The lowest BCUT2D eigenvalue weighted by atomic mass is 10.1. The maximum Gasteiger partial charge on any atom is 0.282 e. The van der Waals surface area contributed by atoms with Gasteiger partial charge in [-0.1, -0.05) is 19.1 Å². The van der Waals surface area contributed by atoms with Crippen LogP contribution in [0.1, 0.15) is 23.7 Å². The van der Waals surface area contributed by atoms with Crippen LogP contribution in [0.5, 0.6) is 0 Å². The minimum atomic E-state index is -0.640. The SMILES string of the molecule is CCCNC(=O)CNC(=O)c1ccccc1[N+](=O)[O-]. The van der Waals surface area contributed by atoms with Crippen molar-refractivity contribution in [1.29, 1.82) is 0 Å². The molecule has 19 heavy (non-hydrogen) atoms. The average Bonchev–Trinajstić information content (AvgIpc) is 2.42. The van der Waals surface area contributed by atoms with Crippen molar-refractivity contribution < 1.29 is 14.5 Å². The summed E-state index contributed by atoms with van der Waals surface area (Å²) in [4.78, 5) is 33.2. The molecule has 1 aromatic carbocycles. The Bertz CT molecular complexity index is 488. The van der Waals surface area contributed by atoms with Gasteiger partial charge in [0.2, 0.25) is 5.91 Å². The molecule has 0 spiro atoms. The Kier molecular flexibility index (Phi) is 5.46. The van der Waals surface area contributed by atoms with Gasteiger partial charge in [0.15, 0.2) is 0 Å². The predicted molar refractivity (Wildman–Crippen MR) is 68.7 cm³/mol. The van der Waals surface area contributed by atoms with E-state index in [1.54, 1.807) is 0 Å². The Morgan fingerprint density at radius 2 is 1.95 bits per heavy atom. The summed E-state index contributed by atoms with van der Waals surface area (Å²) in [5.41, 5.74) is -0.343. The molecule has 0 aliphatic rings. The Labute approximate surface area is 110 Å². The molecule has 7 heteroatoms. The fourth-order valence-corrected chi connectivity index (χ4v) is 1.41. The number of nitro groups is 1. The first-order chi connectivity index (χ1) is 9.06. The molecule has 0 saturated carbocycles. The van der Waals surface area contributed by atoms with Gasteiger partial charge in [0.25, 0.3) is 11.6 Å². The number of carbonyl (C=O) groups is 2. The van der Waals surface area contributed by atoms with Crippen LogP contribution in [0.2, 0.25) is 0 Å². The Morgan fingerprint density at radius 3 is 2.58 bits per heavy atom. The molecule has 0 radical (unpaired) electrons. The van der Waals surface area contributed by atoms with Crippen LogP contribution in [0.15, 0.2) is 24.3 Å². The van der Waals surface area contributed by atoms with Crippen molar-refractivity contribution in [2.45, 2.75) is 13.3 Å². The highest BCUT2D eigenvalue weighted by Gasteiger charge is 2.19. The topological polar surface area (TPSA) is 101 Å². The third-order valence-corrected chi connectivity index (χ3v) is 2.33. The summed E-state index contributed by atoms with van der Waals surface area (Å²) in [6.45, 7) is 2.23. The van der Waals surface area contributed by atoms with Crippen LogP contribution >= 0.6 is 0 Å². The van der Waals surface area contributed by atoms with Gasteiger partial charge in [-0.2, -0.15) is 0 Å². The van der Waals surface area contributed by atoms with Crippen molar-refractivity contribution in [3.63, 3.8) is 0 Å². The van der Waals surface area contributed by atoms with Gasteiger partial charge in [0, 0.05) is 12.6 Å². The Balaban J connectivity index is 2.64. The highest BCUT2D eigenvalue weighted by molar-refractivity contribution is 5.99. The minimum absolute atomic E-state index is 0.0595. The largest absolute Gasteiger partial charge is 0.355 e. The molecule has 0 fully saturated rings. The number of nitrogens with zero attached hydrogens (tertiary/aromatic N) is 1. The van der Waals surface area contributed by atoms with Crippen LogP contribution in [0.4, 0.5) is 5.69 Å². The first-order valence-electron chi connectivity index (χ1n) is 5.84. The Morgan fingerprint density at radius 1 is 1.26 bits per heavy atom. The Hall–Kier alpha value is -2.44. The average molecular weight is 265 g/mol. The zero-order valence-electron chi connectivity index (χ0n) is 10.5. The molecule has 0 atom stereocenters. The molecule has 0 aliphatic heterocycles. The molecule has 0 aliphatic carbocycles. The summed E-state index contributed by atoms with van der Waals surface area (Å²) in [6, 6.07) is 5.59. The number of hydrogen-bond acceptors (Lipinski definition) is 4. The van der Waals surface area contributed by atoms with Crippen LogP contribution in [0, 0.1) is 10.1 Å². The van der Waals surface area contributed by atoms with E-state index in [0.717, 1.165) is 6.42 Å². The molecule has 0 heterocycles. The second-order valence-corrected chi connectivity index (χ2v) is 3.81. The maximum absolute atomic E-state index is 11.8. The fraction of sp³-hybridized carbons (Fsp3) is 0.333. The lowest BCUT2D eigenvalue weighted by Gasteiger charge is -2.06. The van der Waals surface area contributed by atoms with Gasteiger partial charge in [-0.25, -0.2) is 0 Å². The van der Waals surface area contributed by atoms with Crippen molar-refractivity contribution in [3.05, 3.63) is 39.9 Å². The number of nitrogens with one attached hydrogen (secondary N) is 2. The van der Waals surface area contributed by atoms with Crippen molar-refractivity contribution in [2.75, 3.05) is 13.1 Å². The highest BCUT2D eigenvalue weighted by atomic mass is 16.6. The number of hydrogen-bond donors (Lipinski definition) is 2. The third kappa shape index (κ3) is 4.38. The summed E-state index contributed by atoms with van der Waals surface area (Å²) < 4.78 is 0. The summed E-state index contributed by atoms with van der Waals surface area (Å²) in [7, 11) is 0. The summed E-state index contributed by atoms with van der Waals surface area (Å²) in [5, 5.41) is 15.7. The molecule has 0 aromatic heterocycles. The quantitative estimate of drug-likeness (QED) is 0.588. The fourth-order valence-electron chi connectivity index (χ4n) is 1.41. The maximum atomic E-state index is 11.8. The minimum Gasteiger partial charge on any atom is -0.355 e. The summed E-state index contributed by atoms with van der Waals surface area (Å²) in [6.07, 6.45) is 0.795. The van der Waals surface area contributed by atoms with E-state index < -0.39 is 10.8 Å². The molecule has 0 saturated heterocycles. The van der Waals surface area contributed by atoms with Gasteiger partial charge in [0.05, 0.1) is 11.5 Å². The molecule has 2 N–H and O–H groups in total. The predicted octanol–water partition coefficient (Wildman–Crippen LogP) is 0.851. The van der Waals surface area contributed by atoms with Crippen LogP contribution in [-0.4, -0.2) is 29.8 Å². The second-order valence-electron chi connectivity index (χ2n) is 3.81. The van der Waals surface area contributed by atoms with E-state index in [-0.39, 0.29) is 23.7 Å². The zero-order valence-corrected chi connectivity index (χ0v) is 10.5. The van der Waals surface area contributed by atoms with Crippen LogP contribution in [0.25, 0.3) is 0 Å². The normalized spacial score (nSPS) is 9.74.